The molecule has 0 spiro atoms. The lowest BCUT2D eigenvalue weighted by Gasteiger charge is -2.11. The van der Waals surface area contributed by atoms with Crippen LogP contribution in [0.1, 0.15) is 13.8 Å². The Kier molecular flexibility index (Phi) is 4.37. The SMILES string of the molecule is CC(C)C1=CC(=NOS(=O)(=O)c2ccccc2)C=CC1=O. The fraction of sp³-hybridized carbons (Fsp3) is 0.200. The van der Waals surface area contributed by atoms with E-state index in [-0.39, 0.29) is 22.3 Å². The van der Waals surface area contributed by atoms with Gasteiger partial charge in [-0.05, 0) is 36.3 Å². The van der Waals surface area contributed by atoms with E-state index in [1.807, 2.05) is 13.8 Å². The van der Waals surface area contributed by atoms with Crippen molar-refractivity contribution < 1.29 is 17.5 Å². The topological polar surface area (TPSA) is 72.8 Å². The van der Waals surface area contributed by atoms with E-state index in [0.717, 1.165) is 0 Å². The Morgan fingerprint density at radius 3 is 2.38 bits per heavy atom. The normalized spacial score (nSPS) is 17.2. The van der Waals surface area contributed by atoms with Crippen LogP contribution in [0.4, 0.5) is 0 Å². The number of oxime groups is 1. The van der Waals surface area contributed by atoms with E-state index in [4.69, 9.17) is 0 Å². The third-order valence-corrected chi connectivity index (χ3v) is 4.01. The van der Waals surface area contributed by atoms with Crippen LogP contribution in [0.25, 0.3) is 0 Å². The molecule has 0 saturated heterocycles. The number of rotatable bonds is 4. The van der Waals surface area contributed by atoms with Gasteiger partial charge in [-0.2, -0.15) is 8.42 Å². The maximum atomic E-state index is 11.9. The first-order valence-corrected chi connectivity index (χ1v) is 7.81. The molecule has 1 aromatic rings. The molecule has 0 amide bonds. The first-order chi connectivity index (χ1) is 9.90. The summed E-state index contributed by atoms with van der Waals surface area (Å²) in [6.45, 7) is 3.75. The van der Waals surface area contributed by atoms with Crippen LogP contribution in [-0.2, 0) is 19.2 Å². The summed E-state index contributed by atoms with van der Waals surface area (Å²) >= 11 is 0. The summed E-state index contributed by atoms with van der Waals surface area (Å²) in [4.78, 5) is 11.7. The average Bonchev–Trinajstić information content (AvgIpc) is 2.47. The number of nitrogens with zero attached hydrogens (tertiary/aromatic N) is 1. The van der Waals surface area contributed by atoms with E-state index in [1.165, 1.54) is 30.4 Å². The van der Waals surface area contributed by atoms with Crippen LogP contribution < -0.4 is 0 Å². The Morgan fingerprint density at radius 1 is 1.10 bits per heavy atom. The van der Waals surface area contributed by atoms with Crippen molar-refractivity contribution in [1.29, 1.82) is 0 Å². The first kappa shape index (κ1) is 15.2. The molecule has 1 aliphatic rings. The number of carbonyl (C=O) groups is 1. The van der Waals surface area contributed by atoms with Gasteiger partial charge in [0.15, 0.2) is 5.78 Å². The molecule has 0 unspecified atom stereocenters. The Bertz CT molecular complexity index is 728. The van der Waals surface area contributed by atoms with Crippen molar-refractivity contribution in [3.63, 3.8) is 0 Å². The van der Waals surface area contributed by atoms with Gasteiger partial charge >= 0.3 is 10.1 Å². The molecule has 0 aliphatic heterocycles. The summed E-state index contributed by atoms with van der Waals surface area (Å²) in [5.74, 6) is -0.0757. The van der Waals surface area contributed by atoms with Gasteiger partial charge in [0, 0.05) is 5.57 Å². The highest BCUT2D eigenvalue weighted by Crippen LogP contribution is 2.17. The molecular weight excluding hydrogens is 290 g/mol. The van der Waals surface area contributed by atoms with Crippen molar-refractivity contribution in [3.05, 3.63) is 54.1 Å². The number of carbonyl (C=O) groups excluding carboxylic acids is 1. The van der Waals surface area contributed by atoms with Crippen molar-refractivity contribution in [2.75, 3.05) is 0 Å². The van der Waals surface area contributed by atoms with E-state index in [9.17, 15) is 13.2 Å². The van der Waals surface area contributed by atoms with Gasteiger partial charge in [0.1, 0.15) is 10.6 Å². The average molecular weight is 305 g/mol. The van der Waals surface area contributed by atoms with Crippen LogP contribution in [0.15, 0.2) is 64.2 Å². The Morgan fingerprint density at radius 2 is 1.76 bits per heavy atom. The zero-order chi connectivity index (χ0) is 15.5. The fourth-order valence-electron chi connectivity index (χ4n) is 1.77. The Labute approximate surface area is 123 Å². The van der Waals surface area contributed by atoms with Gasteiger partial charge < -0.3 is 0 Å². The van der Waals surface area contributed by atoms with Gasteiger partial charge in [0.2, 0.25) is 0 Å². The van der Waals surface area contributed by atoms with E-state index < -0.39 is 10.1 Å². The van der Waals surface area contributed by atoms with E-state index in [1.54, 1.807) is 18.2 Å². The maximum Gasteiger partial charge on any atom is 0.358 e. The summed E-state index contributed by atoms with van der Waals surface area (Å²) in [6.07, 6.45) is 4.31. The summed E-state index contributed by atoms with van der Waals surface area (Å²) in [6, 6.07) is 7.74. The van der Waals surface area contributed by atoms with E-state index in [0.29, 0.717) is 5.57 Å². The zero-order valence-corrected chi connectivity index (χ0v) is 12.5. The lowest BCUT2D eigenvalue weighted by atomic mass is 9.94. The zero-order valence-electron chi connectivity index (χ0n) is 11.7. The number of hydrogen-bond donors (Lipinski definition) is 0. The van der Waals surface area contributed by atoms with Gasteiger partial charge in [-0.25, -0.2) is 0 Å². The van der Waals surface area contributed by atoms with Gasteiger partial charge in [0.05, 0.1) is 0 Å². The Balaban J connectivity index is 2.22. The molecule has 0 radical (unpaired) electrons. The largest absolute Gasteiger partial charge is 0.358 e. The van der Waals surface area contributed by atoms with Crippen molar-refractivity contribution in [3.8, 4) is 0 Å². The third-order valence-electron chi connectivity index (χ3n) is 2.89. The highest BCUT2D eigenvalue weighted by Gasteiger charge is 2.18. The summed E-state index contributed by atoms with van der Waals surface area (Å²) in [7, 11) is -3.95. The number of benzene rings is 1. The molecule has 0 saturated carbocycles. The second kappa shape index (κ2) is 6.05. The molecule has 0 heterocycles. The standard InChI is InChI=1S/C15H15NO4S/c1-11(2)14-10-12(8-9-15(14)17)16-20-21(18,19)13-6-4-3-5-7-13/h3-11H,1-2H3. The van der Waals surface area contributed by atoms with Crippen LogP contribution in [-0.4, -0.2) is 19.9 Å². The summed E-state index contributed by atoms with van der Waals surface area (Å²) < 4.78 is 28.5. The molecule has 1 aliphatic carbocycles. The first-order valence-electron chi connectivity index (χ1n) is 6.41. The van der Waals surface area contributed by atoms with Gasteiger partial charge in [-0.15, -0.1) is 0 Å². The molecule has 5 nitrogen and oxygen atoms in total. The lowest BCUT2D eigenvalue weighted by Crippen LogP contribution is -2.13. The summed E-state index contributed by atoms with van der Waals surface area (Å²) in [5, 5.41) is 3.61. The molecular formula is C15H15NO4S. The predicted octanol–water partition coefficient (Wildman–Crippen LogP) is 2.47. The van der Waals surface area contributed by atoms with Gasteiger partial charge in [0.25, 0.3) is 0 Å². The molecule has 110 valence electrons. The van der Waals surface area contributed by atoms with Crippen LogP contribution in [0.3, 0.4) is 0 Å². The smallest absolute Gasteiger partial charge is 0.290 e. The molecule has 6 heteroatoms. The van der Waals surface area contributed by atoms with Crippen molar-refractivity contribution in [2.45, 2.75) is 18.7 Å². The number of ketones is 1. The summed E-state index contributed by atoms with van der Waals surface area (Å²) in [5.41, 5.74) is 0.856. The molecule has 0 bridgehead atoms. The molecule has 0 N–H and O–H groups in total. The molecule has 0 aromatic heterocycles. The molecule has 1 aromatic carbocycles. The van der Waals surface area contributed by atoms with Gasteiger partial charge in [-0.3, -0.25) is 9.08 Å². The Hall–Kier alpha value is -2.21. The van der Waals surface area contributed by atoms with Crippen molar-refractivity contribution >= 4 is 21.6 Å². The molecule has 2 rings (SSSR count). The molecule has 0 atom stereocenters. The maximum absolute atomic E-state index is 11.9. The minimum absolute atomic E-state index is 0.0262. The van der Waals surface area contributed by atoms with E-state index in [2.05, 4.69) is 9.44 Å². The minimum Gasteiger partial charge on any atom is -0.290 e. The number of hydrogen-bond acceptors (Lipinski definition) is 5. The monoisotopic (exact) mass is 305 g/mol. The fourth-order valence-corrected chi connectivity index (χ4v) is 2.53. The predicted molar refractivity (Wildman–Crippen MR) is 79.2 cm³/mol. The van der Waals surface area contributed by atoms with Crippen LogP contribution in [0.2, 0.25) is 0 Å². The third kappa shape index (κ3) is 3.66. The van der Waals surface area contributed by atoms with Crippen molar-refractivity contribution in [2.24, 2.45) is 11.1 Å². The second-order valence-corrected chi connectivity index (χ2v) is 6.34. The highest BCUT2D eigenvalue weighted by molar-refractivity contribution is 7.86. The minimum atomic E-state index is -3.95. The highest BCUT2D eigenvalue weighted by atomic mass is 32.2. The second-order valence-electron chi connectivity index (χ2n) is 4.81. The van der Waals surface area contributed by atoms with Crippen molar-refractivity contribution in [1.82, 2.24) is 0 Å². The molecule has 0 fully saturated rings. The lowest BCUT2D eigenvalue weighted by molar-refractivity contribution is -0.111. The van der Waals surface area contributed by atoms with E-state index >= 15 is 0 Å². The van der Waals surface area contributed by atoms with Gasteiger partial charge in [-0.1, -0.05) is 37.2 Å². The van der Waals surface area contributed by atoms with Crippen LogP contribution in [0, 0.1) is 5.92 Å². The van der Waals surface area contributed by atoms with Crippen LogP contribution >= 0.6 is 0 Å². The van der Waals surface area contributed by atoms with Crippen LogP contribution in [0.5, 0.6) is 0 Å². The number of allylic oxidation sites excluding steroid dienone is 4. The quantitative estimate of drug-likeness (QED) is 0.633. The molecule has 21 heavy (non-hydrogen) atoms.